The van der Waals surface area contributed by atoms with E-state index in [1.165, 1.54) is 24.5 Å². The zero-order chi connectivity index (χ0) is 21.4. The van der Waals surface area contributed by atoms with Gasteiger partial charge in [0.15, 0.2) is 0 Å². The maximum atomic E-state index is 12.8. The molecular formula is C22H19N3O4S. The van der Waals surface area contributed by atoms with Crippen LogP contribution in [0.15, 0.2) is 42.5 Å². The molecule has 1 aliphatic heterocycles. The van der Waals surface area contributed by atoms with Crippen molar-refractivity contribution in [2.75, 3.05) is 19.0 Å². The number of fused-ring (bicyclic) bond motifs is 1. The summed E-state index contributed by atoms with van der Waals surface area (Å²) >= 11 is 1.29. The van der Waals surface area contributed by atoms with Crippen LogP contribution < -0.4 is 10.1 Å². The number of aryl methyl sites for hydroxylation is 1. The average molecular weight is 421 g/mol. The van der Waals surface area contributed by atoms with Crippen LogP contribution in [-0.2, 0) is 0 Å². The number of hydrogen-bond donors (Lipinski definition) is 1. The van der Waals surface area contributed by atoms with Crippen LogP contribution in [0.4, 0.5) is 5.69 Å². The van der Waals surface area contributed by atoms with Crippen LogP contribution in [0.1, 0.15) is 43.0 Å². The molecule has 3 aromatic rings. The van der Waals surface area contributed by atoms with Gasteiger partial charge >= 0.3 is 0 Å². The van der Waals surface area contributed by atoms with Crippen molar-refractivity contribution < 1.29 is 19.1 Å². The van der Waals surface area contributed by atoms with E-state index >= 15 is 0 Å². The van der Waals surface area contributed by atoms with Crippen LogP contribution in [0.2, 0.25) is 0 Å². The van der Waals surface area contributed by atoms with E-state index in [-0.39, 0.29) is 23.3 Å². The molecule has 0 unspecified atom stereocenters. The van der Waals surface area contributed by atoms with Gasteiger partial charge in [0.25, 0.3) is 17.7 Å². The fourth-order valence-corrected chi connectivity index (χ4v) is 4.18. The Kier molecular flexibility index (Phi) is 5.09. The maximum absolute atomic E-state index is 12.8. The number of nitrogens with one attached hydrogen (secondary N) is 1. The molecule has 0 saturated heterocycles. The number of ether oxygens (including phenoxy) is 1. The lowest BCUT2D eigenvalue weighted by molar-refractivity contribution is 0.0692. The zero-order valence-electron chi connectivity index (χ0n) is 16.7. The van der Waals surface area contributed by atoms with Crippen LogP contribution >= 0.6 is 11.3 Å². The lowest BCUT2D eigenvalue weighted by atomic mass is 10.1. The first-order valence-corrected chi connectivity index (χ1v) is 10.2. The third-order valence-corrected chi connectivity index (χ3v) is 5.97. The first-order valence-electron chi connectivity index (χ1n) is 9.37. The Bertz CT molecular complexity index is 1170. The third-order valence-electron chi connectivity index (χ3n) is 4.76. The van der Waals surface area contributed by atoms with Crippen LogP contribution in [-0.4, -0.2) is 41.3 Å². The van der Waals surface area contributed by atoms with Crippen LogP contribution in [0.5, 0.6) is 5.75 Å². The molecule has 4 rings (SSSR count). The molecule has 2 heterocycles. The van der Waals surface area contributed by atoms with Crippen LogP contribution in [0.25, 0.3) is 10.6 Å². The van der Waals surface area contributed by atoms with Crippen molar-refractivity contribution in [2.45, 2.75) is 13.8 Å². The largest absolute Gasteiger partial charge is 0.494 e. The zero-order valence-corrected chi connectivity index (χ0v) is 17.5. The summed E-state index contributed by atoms with van der Waals surface area (Å²) in [6.07, 6.45) is 0. The summed E-state index contributed by atoms with van der Waals surface area (Å²) in [5, 5.41) is 3.53. The van der Waals surface area contributed by atoms with E-state index in [0.717, 1.165) is 21.2 Å². The van der Waals surface area contributed by atoms with Gasteiger partial charge in [-0.05, 0) is 56.3 Å². The number of anilines is 1. The number of amides is 3. The smallest absolute Gasteiger partial charge is 0.267 e. The fourth-order valence-electron chi connectivity index (χ4n) is 3.22. The fraction of sp³-hybridized carbons (Fsp3) is 0.182. The molecule has 3 amide bonds. The van der Waals surface area contributed by atoms with Gasteiger partial charge in [-0.15, -0.1) is 11.3 Å². The van der Waals surface area contributed by atoms with E-state index in [1.54, 1.807) is 19.1 Å². The molecule has 0 bridgehead atoms. The number of thiazole rings is 1. The molecule has 2 aromatic carbocycles. The Hall–Kier alpha value is -3.52. The molecule has 0 radical (unpaired) electrons. The van der Waals surface area contributed by atoms with Crippen molar-refractivity contribution in [2.24, 2.45) is 0 Å². The number of hydrogen-bond acceptors (Lipinski definition) is 6. The van der Waals surface area contributed by atoms with Crippen molar-refractivity contribution in [3.05, 3.63) is 64.2 Å². The summed E-state index contributed by atoms with van der Waals surface area (Å²) in [6, 6.07) is 12.3. The number of benzene rings is 2. The second-order valence-electron chi connectivity index (χ2n) is 6.77. The number of imide groups is 1. The number of nitrogens with zero attached hydrogens (tertiary/aromatic N) is 2. The minimum absolute atomic E-state index is 0.288. The van der Waals surface area contributed by atoms with Crippen LogP contribution in [0.3, 0.4) is 0 Å². The Morgan fingerprint density at radius 2 is 1.80 bits per heavy atom. The summed E-state index contributed by atoms with van der Waals surface area (Å²) in [6.45, 7) is 4.30. The molecule has 0 aliphatic carbocycles. The predicted octanol–water partition coefficient (Wildman–Crippen LogP) is 4.00. The summed E-state index contributed by atoms with van der Waals surface area (Å²) in [5.74, 6) is -0.251. The van der Waals surface area contributed by atoms with E-state index in [1.807, 2.05) is 31.2 Å². The van der Waals surface area contributed by atoms with Crippen molar-refractivity contribution in [1.82, 2.24) is 9.88 Å². The molecule has 0 saturated carbocycles. The van der Waals surface area contributed by atoms with Gasteiger partial charge in [0.1, 0.15) is 15.6 Å². The van der Waals surface area contributed by atoms with Crippen molar-refractivity contribution >= 4 is 34.7 Å². The number of rotatable bonds is 5. The minimum Gasteiger partial charge on any atom is -0.494 e. The molecule has 1 aliphatic rings. The highest BCUT2D eigenvalue weighted by atomic mass is 32.1. The van der Waals surface area contributed by atoms with Gasteiger partial charge in [0.2, 0.25) is 0 Å². The van der Waals surface area contributed by atoms with Gasteiger partial charge in [-0.3, -0.25) is 19.3 Å². The molecule has 1 aromatic heterocycles. The molecule has 7 nitrogen and oxygen atoms in total. The Labute approximate surface area is 177 Å². The standard InChI is InChI=1S/C22H19N3O4S/c1-4-29-15-8-5-13(6-9-15)20-23-12(2)18(30-20)19(26)24-14-7-10-16-17(11-14)22(28)25(3)21(16)27/h5-11H,4H2,1-3H3,(H,24,26). The molecule has 1 N–H and O–H groups in total. The number of carbonyl (C=O) groups excluding carboxylic acids is 3. The first-order chi connectivity index (χ1) is 14.4. The summed E-state index contributed by atoms with van der Waals surface area (Å²) < 4.78 is 5.45. The van der Waals surface area contributed by atoms with Gasteiger partial charge in [0, 0.05) is 18.3 Å². The SMILES string of the molecule is CCOc1ccc(-c2nc(C)c(C(=O)Nc3ccc4c(c3)C(=O)N(C)C4=O)s2)cc1. The highest BCUT2D eigenvalue weighted by molar-refractivity contribution is 7.17. The molecule has 30 heavy (non-hydrogen) atoms. The van der Waals surface area contributed by atoms with Gasteiger partial charge in [0.05, 0.1) is 23.4 Å². The highest BCUT2D eigenvalue weighted by Crippen LogP contribution is 2.30. The highest BCUT2D eigenvalue weighted by Gasteiger charge is 2.32. The Balaban J connectivity index is 1.55. The van der Waals surface area contributed by atoms with Gasteiger partial charge in [-0.1, -0.05) is 0 Å². The molecule has 0 fully saturated rings. The van der Waals surface area contributed by atoms with Crippen molar-refractivity contribution in [3.8, 4) is 16.3 Å². The van der Waals surface area contributed by atoms with Crippen LogP contribution in [0, 0.1) is 6.92 Å². The Morgan fingerprint density at radius 1 is 1.10 bits per heavy atom. The first kappa shape index (κ1) is 19.8. The normalized spacial score (nSPS) is 12.8. The van der Waals surface area contributed by atoms with E-state index < -0.39 is 0 Å². The lowest BCUT2D eigenvalue weighted by Crippen LogP contribution is -2.24. The monoisotopic (exact) mass is 421 g/mol. The summed E-state index contributed by atoms with van der Waals surface area (Å²) in [7, 11) is 1.44. The third kappa shape index (κ3) is 3.46. The lowest BCUT2D eigenvalue weighted by Gasteiger charge is -2.05. The predicted molar refractivity (Wildman–Crippen MR) is 114 cm³/mol. The second kappa shape index (κ2) is 7.72. The molecule has 8 heteroatoms. The second-order valence-corrected chi connectivity index (χ2v) is 7.77. The molecular weight excluding hydrogens is 402 g/mol. The van der Waals surface area contributed by atoms with Crippen molar-refractivity contribution in [3.63, 3.8) is 0 Å². The minimum atomic E-state index is -0.377. The van der Waals surface area contributed by atoms with Crippen molar-refractivity contribution in [1.29, 1.82) is 0 Å². The van der Waals surface area contributed by atoms with E-state index in [2.05, 4.69) is 10.3 Å². The number of aromatic nitrogens is 1. The van der Waals surface area contributed by atoms with Gasteiger partial charge in [-0.2, -0.15) is 0 Å². The summed E-state index contributed by atoms with van der Waals surface area (Å²) in [4.78, 5) is 43.0. The van der Waals surface area contributed by atoms with E-state index in [4.69, 9.17) is 4.74 Å². The van der Waals surface area contributed by atoms with Gasteiger partial charge < -0.3 is 10.1 Å². The average Bonchev–Trinajstić information content (AvgIpc) is 3.23. The van der Waals surface area contributed by atoms with E-state index in [9.17, 15) is 14.4 Å². The molecule has 0 atom stereocenters. The van der Waals surface area contributed by atoms with E-state index in [0.29, 0.717) is 28.4 Å². The quantitative estimate of drug-likeness (QED) is 0.629. The summed E-state index contributed by atoms with van der Waals surface area (Å²) in [5.41, 5.74) is 2.60. The maximum Gasteiger partial charge on any atom is 0.267 e. The molecule has 152 valence electrons. The Morgan fingerprint density at radius 3 is 2.50 bits per heavy atom. The van der Waals surface area contributed by atoms with Gasteiger partial charge in [-0.25, -0.2) is 4.98 Å². The number of carbonyl (C=O) groups is 3. The topological polar surface area (TPSA) is 88.6 Å². The molecule has 0 spiro atoms.